The van der Waals surface area contributed by atoms with E-state index in [1.165, 1.54) is 12.1 Å². The Morgan fingerprint density at radius 3 is 2.73 bits per heavy atom. The van der Waals surface area contributed by atoms with Crippen LogP contribution in [0.1, 0.15) is 41.1 Å². The Bertz CT molecular complexity index is 605. The number of piperidine rings is 1. The topological polar surface area (TPSA) is 38.1 Å². The van der Waals surface area contributed by atoms with Crippen molar-refractivity contribution >= 4 is 17.2 Å². The average molecular weight is 317 g/mol. The van der Waals surface area contributed by atoms with Gasteiger partial charge in [-0.2, -0.15) is 11.3 Å². The van der Waals surface area contributed by atoms with Crippen LogP contribution in [-0.2, 0) is 6.54 Å². The predicted molar refractivity (Wildman–Crippen MR) is 89.3 cm³/mol. The van der Waals surface area contributed by atoms with Crippen molar-refractivity contribution < 1.29 is 4.79 Å². The Labute approximate surface area is 135 Å². The summed E-state index contributed by atoms with van der Waals surface area (Å²) in [6.45, 7) is 7.00. The fraction of sp³-hybridized carbons (Fsp3) is 0.529. The number of hydrogen-bond donors (Lipinski definition) is 0. The smallest absolute Gasteiger partial charge is 0.254 e. The van der Waals surface area contributed by atoms with E-state index < -0.39 is 0 Å². The summed E-state index contributed by atoms with van der Waals surface area (Å²) in [6, 6.07) is 1.92. The van der Waals surface area contributed by atoms with Crippen LogP contribution in [-0.4, -0.2) is 33.4 Å². The van der Waals surface area contributed by atoms with Crippen LogP contribution >= 0.6 is 11.3 Å². The number of aromatic nitrogens is 2. The molecular weight excluding hydrogens is 294 g/mol. The molecule has 1 amide bonds. The second-order valence-corrected chi connectivity index (χ2v) is 6.91. The van der Waals surface area contributed by atoms with E-state index in [4.69, 9.17) is 0 Å². The zero-order valence-electron chi connectivity index (χ0n) is 13.3. The Balaban J connectivity index is 1.49. The van der Waals surface area contributed by atoms with Crippen LogP contribution < -0.4 is 0 Å². The predicted octanol–water partition coefficient (Wildman–Crippen LogP) is 3.50. The molecule has 1 aliphatic rings. The largest absolute Gasteiger partial charge is 0.339 e. The van der Waals surface area contributed by atoms with E-state index in [1.807, 2.05) is 27.9 Å². The zero-order valence-corrected chi connectivity index (χ0v) is 14.1. The first-order chi connectivity index (χ1) is 10.6. The lowest BCUT2D eigenvalue weighted by Gasteiger charge is -2.32. The van der Waals surface area contributed by atoms with E-state index in [1.54, 1.807) is 11.3 Å². The summed E-state index contributed by atoms with van der Waals surface area (Å²) >= 11 is 1.59. The first kappa shape index (κ1) is 15.3. The first-order valence-electron chi connectivity index (χ1n) is 7.95. The van der Waals surface area contributed by atoms with Gasteiger partial charge >= 0.3 is 0 Å². The highest BCUT2D eigenvalue weighted by Gasteiger charge is 2.23. The van der Waals surface area contributed by atoms with Gasteiger partial charge < -0.3 is 9.47 Å². The molecular formula is C17H23N3OS. The molecule has 0 saturated carbocycles. The van der Waals surface area contributed by atoms with Crippen LogP contribution in [0.15, 0.2) is 23.0 Å². The van der Waals surface area contributed by atoms with Crippen molar-refractivity contribution in [3.05, 3.63) is 40.1 Å². The number of imidazole rings is 1. The molecule has 0 spiro atoms. The third-order valence-corrected chi connectivity index (χ3v) is 5.37. The third-order valence-electron chi connectivity index (χ3n) is 4.69. The number of rotatable bonds is 4. The lowest BCUT2D eigenvalue weighted by atomic mass is 9.93. The molecule has 0 atom stereocenters. The van der Waals surface area contributed by atoms with Crippen LogP contribution in [0.3, 0.4) is 0 Å². The number of likely N-dealkylation sites (tertiary alicyclic amines) is 1. The van der Waals surface area contributed by atoms with E-state index in [9.17, 15) is 4.79 Å². The maximum atomic E-state index is 12.3. The fourth-order valence-corrected chi connectivity index (χ4v) is 3.85. The van der Waals surface area contributed by atoms with Crippen LogP contribution in [0.5, 0.6) is 0 Å². The molecule has 22 heavy (non-hydrogen) atoms. The molecule has 0 aromatic carbocycles. The molecule has 0 bridgehead atoms. The minimum Gasteiger partial charge on any atom is -0.339 e. The highest BCUT2D eigenvalue weighted by Crippen LogP contribution is 2.23. The molecule has 2 aromatic rings. The van der Waals surface area contributed by atoms with Gasteiger partial charge in [-0.25, -0.2) is 4.98 Å². The number of carbonyl (C=O) groups excluding carboxylic acids is 1. The van der Waals surface area contributed by atoms with Gasteiger partial charge in [0, 0.05) is 36.9 Å². The molecule has 0 radical (unpaired) electrons. The van der Waals surface area contributed by atoms with Gasteiger partial charge in [-0.1, -0.05) is 0 Å². The van der Waals surface area contributed by atoms with E-state index in [0.717, 1.165) is 43.9 Å². The van der Waals surface area contributed by atoms with Gasteiger partial charge in [-0.05, 0) is 50.5 Å². The number of thiophene rings is 1. The summed E-state index contributed by atoms with van der Waals surface area (Å²) < 4.78 is 2.29. The molecule has 3 rings (SSSR count). The highest BCUT2D eigenvalue weighted by atomic mass is 32.1. The molecule has 3 heterocycles. The van der Waals surface area contributed by atoms with Crippen LogP contribution in [0.4, 0.5) is 0 Å². The summed E-state index contributed by atoms with van der Waals surface area (Å²) in [5.74, 6) is 2.01. The molecule has 1 fully saturated rings. The Hall–Kier alpha value is -1.62. The number of hydrogen-bond acceptors (Lipinski definition) is 3. The number of aryl methyl sites for hydroxylation is 2. The Morgan fingerprint density at radius 2 is 2.14 bits per heavy atom. The van der Waals surface area contributed by atoms with Crippen molar-refractivity contribution in [2.45, 2.75) is 39.7 Å². The standard InChI is InChI=1S/C17H23N3OS/c1-13-11-18-14(2)20(13)9-5-15-3-7-19(8-4-15)17(21)16-6-10-22-12-16/h6,10-12,15H,3-5,7-9H2,1-2H3. The molecule has 1 saturated heterocycles. The van der Waals surface area contributed by atoms with Crippen molar-refractivity contribution in [2.75, 3.05) is 13.1 Å². The molecule has 4 nitrogen and oxygen atoms in total. The van der Waals surface area contributed by atoms with E-state index in [0.29, 0.717) is 5.92 Å². The van der Waals surface area contributed by atoms with E-state index >= 15 is 0 Å². The van der Waals surface area contributed by atoms with Gasteiger partial charge in [0.2, 0.25) is 0 Å². The van der Waals surface area contributed by atoms with E-state index in [2.05, 4.69) is 23.4 Å². The summed E-state index contributed by atoms with van der Waals surface area (Å²) in [7, 11) is 0. The van der Waals surface area contributed by atoms with Gasteiger partial charge in [-0.3, -0.25) is 4.79 Å². The van der Waals surface area contributed by atoms with Crippen molar-refractivity contribution in [3.8, 4) is 0 Å². The van der Waals surface area contributed by atoms with Crippen LogP contribution in [0.2, 0.25) is 0 Å². The minimum atomic E-state index is 0.195. The van der Waals surface area contributed by atoms with Gasteiger partial charge in [0.05, 0.1) is 5.56 Å². The third kappa shape index (κ3) is 3.24. The van der Waals surface area contributed by atoms with Crippen molar-refractivity contribution in [1.29, 1.82) is 0 Å². The van der Waals surface area contributed by atoms with Gasteiger partial charge in [0.15, 0.2) is 0 Å². The lowest BCUT2D eigenvalue weighted by molar-refractivity contribution is 0.0685. The summed E-state index contributed by atoms with van der Waals surface area (Å²) in [6.07, 6.45) is 5.35. The molecule has 1 aliphatic heterocycles. The second-order valence-electron chi connectivity index (χ2n) is 6.13. The van der Waals surface area contributed by atoms with Crippen molar-refractivity contribution in [2.24, 2.45) is 5.92 Å². The molecule has 5 heteroatoms. The monoisotopic (exact) mass is 317 g/mol. The summed E-state index contributed by atoms with van der Waals surface area (Å²) in [5.41, 5.74) is 2.08. The second kappa shape index (κ2) is 6.65. The normalized spacial score (nSPS) is 16.2. The highest BCUT2D eigenvalue weighted by molar-refractivity contribution is 7.08. The number of amides is 1. The molecule has 0 unspecified atom stereocenters. The van der Waals surface area contributed by atoms with Crippen LogP contribution in [0, 0.1) is 19.8 Å². The SMILES string of the molecule is Cc1cnc(C)n1CCC1CCN(C(=O)c2ccsc2)CC1. The minimum absolute atomic E-state index is 0.195. The Morgan fingerprint density at radius 1 is 1.36 bits per heavy atom. The molecule has 2 aromatic heterocycles. The fourth-order valence-electron chi connectivity index (χ4n) is 3.22. The maximum absolute atomic E-state index is 12.3. The zero-order chi connectivity index (χ0) is 15.5. The van der Waals surface area contributed by atoms with Crippen LogP contribution in [0.25, 0.3) is 0 Å². The number of carbonyl (C=O) groups is 1. The maximum Gasteiger partial charge on any atom is 0.254 e. The van der Waals surface area contributed by atoms with Crippen molar-refractivity contribution in [1.82, 2.24) is 14.5 Å². The number of nitrogens with zero attached hydrogens (tertiary/aromatic N) is 3. The van der Waals surface area contributed by atoms with Gasteiger partial charge in [0.25, 0.3) is 5.91 Å². The quantitative estimate of drug-likeness (QED) is 0.865. The first-order valence-corrected chi connectivity index (χ1v) is 8.89. The van der Waals surface area contributed by atoms with Gasteiger partial charge in [-0.15, -0.1) is 0 Å². The van der Waals surface area contributed by atoms with E-state index in [-0.39, 0.29) is 5.91 Å². The molecule has 118 valence electrons. The van der Waals surface area contributed by atoms with Crippen molar-refractivity contribution in [3.63, 3.8) is 0 Å². The summed E-state index contributed by atoms with van der Waals surface area (Å²) in [4.78, 5) is 18.7. The van der Waals surface area contributed by atoms with Gasteiger partial charge in [0.1, 0.15) is 5.82 Å². The Kier molecular flexibility index (Phi) is 4.62. The molecule has 0 aliphatic carbocycles. The lowest BCUT2D eigenvalue weighted by Crippen LogP contribution is -2.38. The molecule has 0 N–H and O–H groups in total. The average Bonchev–Trinajstić information content (AvgIpc) is 3.17. The summed E-state index contributed by atoms with van der Waals surface area (Å²) in [5, 5.41) is 3.91.